The Hall–Kier alpha value is -8.57. The van der Waals surface area contributed by atoms with E-state index in [1.165, 1.54) is 64.7 Å². The SMILES string of the molecule is c1ccc(-c2ccccc2-c2nc(-c3ccc(-c4ccc(-c5cccc6c5sc5ccccc56)cc4)cc3)nc(-c3ccc4c(c3)C(c3ccccc3)(c3ccccc3)c3ccccc3-4)n2)cc1. The van der Waals surface area contributed by atoms with Crippen LogP contribution in [0.15, 0.2) is 249 Å². The Bertz CT molecular complexity index is 3780. The molecule has 0 N–H and O–H groups in total. The first kappa shape index (κ1) is 39.8. The highest BCUT2D eigenvalue weighted by molar-refractivity contribution is 7.26. The molecule has 0 aliphatic heterocycles. The van der Waals surface area contributed by atoms with Gasteiger partial charge in [-0.1, -0.05) is 237 Å². The number of hydrogen-bond donors (Lipinski definition) is 0. The molecule has 3 nitrogen and oxygen atoms in total. The van der Waals surface area contributed by atoms with Crippen LogP contribution in [0.25, 0.3) is 98.8 Å². The fourth-order valence-electron chi connectivity index (χ4n) is 10.5. The molecule has 68 heavy (non-hydrogen) atoms. The molecule has 0 atom stereocenters. The van der Waals surface area contributed by atoms with Gasteiger partial charge in [-0.2, -0.15) is 0 Å². The zero-order valence-electron chi connectivity index (χ0n) is 36.9. The van der Waals surface area contributed by atoms with E-state index in [2.05, 4.69) is 243 Å². The maximum absolute atomic E-state index is 5.36. The molecule has 1 aliphatic rings. The van der Waals surface area contributed by atoms with E-state index in [1.54, 1.807) is 0 Å². The average Bonchev–Trinajstić information content (AvgIpc) is 3.95. The lowest BCUT2D eigenvalue weighted by Gasteiger charge is -2.34. The first-order valence-electron chi connectivity index (χ1n) is 23.1. The number of rotatable bonds is 8. The van der Waals surface area contributed by atoms with E-state index in [4.69, 9.17) is 15.0 Å². The zero-order chi connectivity index (χ0) is 45.0. The van der Waals surface area contributed by atoms with Crippen LogP contribution in [0.2, 0.25) is 0 Å². The molecule has 0 bridgehead atoms. The van der Waals surface area contributed by atoms with E-state index in [9.17, 15) is 0 Å². The highest BCUT2D eigenvalue weighted by Crippen LogP contribution is 2.56. The highest BCUT2D eigenvalue weighted by Gasteiger charge is 2.46. The third-order valence-corrected chi connectivity index (χ3v) is 14.9. The second kappa shape index (κ2) is 16.4. The van der Waals surface area contributed by atoms with Gasteiger partial charge in [0, 0.05) is 36.9 Å². The Morgan fingerprint density at radius 3 is 1.46 bits per heavy atom. The molecule has 0 unspecified atom stereocenters. The predicted molar refractivity (Wildman–Crippen MR) is 283 cm³/mol. The van der Waals surface area contributed by atoms with Gasteiger partial charge in [0.25, 0.3) is 0 Å². The van der Waals surface area contributed by atoms with Crippen molar-refractivity contribution in [3.8, 4) is 78.7 Å². The molecular formula is C64H41N3S. The summed E-state index contributed by atoms with van der Waals surface area (Å²) in [6.07, 6.45) is 0. The van der Waals surface area contributed by atoms with Crippen molar-refractivity contribution in [2.45, 2.75) is 5.41 Å². The standard InChI is InChI=1S/C64H41N3S/c1-4-17-44(18-5-1)50-23-10-11-26-56(50)63-66-61(46-37-33-43(34-38-46)42-31-35-45(36-32-42)51-27-16-28-55-54-25-13-15-30-59(54)68-60(51)55)65-62(67-63)47-39-40-53-52-24-12-14-29-57(52)64(58(53)41-47,48-19-6-2-7-20-48)49-21-8-3-9-22-49/h1-41H. The van der Waals surface area contributed by atoms with Crippen molar-refractivity contribution in [1.29, 1.82) is 0 Å². The summed E-state index contributed by atoms with van der Waals surface area (Å²) in [6, 6.07) is 89.3. The van der Waals surface area contributed by atoms with E-state index in [1.807, 2.05) is 17.4 Å². The minimum absolute atomic E-state index is 0.553. The molecule has 13 rings (SSSR count). The number of fused-ring (bicyclic) bond motifs is 6. The fourth-order valence-corrected chi connectivity index (χ4v) is 11.8. The molecule has 2 aromatic heterocycles. The van der Waals surface area contributed by atoms with Crippen LogP contribution in [-0.2, 0) is 5.41 Å². The summed E-state index contributed by atoms with van der Waals surface area (Å²) in [4.78, 5) is 16.0. The van der Waals surface area contributed by atoms with Crippen molar-refractivity contribution in [2.75, 3.05) is 0 Å². The van der Waals surface area contributed by atoms with Gasteiger partial charge in [-0.15, -0.1) is 11.3 Å². The van der Waals surface area contributed by atoms with Crippen molar-refractivity contribution in [3.63, 3.8) is 0 Å². The number of hydrogen-bond acceptors (Lipinski definition) is 4. The Kier molecular flexibility index (Phi) is 9.59. The Labute approximate surface area is 399 Å². The van der Waals surface area contributed by atoms with Crippen molar-refractivity contribution >= 4 is 31.5 Å². The van der Waals surface area contributed by atoms with Gasteiger partial charge in [-0.05, 0) is 78.9 Å². The Morgan fingerprint density at radius 1 is 0.279 bits per heavy atom. The summed E-state index contributed by atoms with van der Waals surface area (Å²) in [5, 5.41) is 2.63. The average molecular weight is 884 g/mol. The molecule has 0 saturated carbocycles. The molecule has 0 fully saturated rings. The lowest BCUT2D eigenvalue weighted by molar-refractivity contribution is 0.768. The summed E-state index contributed by atoms with van der Waals surface area (Å²) in [7, 11) is 0. The first-order valence-corrected chi connectivity index (χ1v) is 23.9. The maximum atomic E-state index is 5.36. The monoisotopic (exact) mass is 883 g/mol. The van der Waals surface area contributed by atoms with E-state index < -0.39 is 5.41 Å². The first-order chi connectivity index (χ1) is 33.7. The van der Waals surface area contributed by atoms with Crippen LogP contribution in [0.5, 0.6) is 0 Å². The lowest BCUT2D eigenvalue weighted by atomic mass is 9.67. The van der Waals surface area contributed by atoms with Gasteiger partial charge in [0.15, 0.2) is 17.5 Å². The van der Waals surface area contributed by atoms with Gasteiger partial charge in [0.2, 0.25) is 0 Å². The minimum atomic E-state index is -0.553. The predicted octanol–water partition coefficient (Wildman–Crippen LogP) is 16.6. The molecule has 1 aliphatic carbocycles. The van der Waals surface area contributed by atoms with Crippen LogP contribution < -0.4 is 0 Å². The van der Waals surface area contributed by atoms with E-state index in [0.29, 0.717) is 17.5 Å². The second-order valence-corrected chi connectivity index (χ2v) is 18.5. The van der Waals surface area contributed by atoms with Gasteiger partial charge in [-0.25, -0.2) is 15.0 Å². The number of thiophene rings is 1. The van der Waals surface area contributed by atoms with E-state index >= 15 is 0 Å². The Balaban J connectivity index is 0.934. The number of benzene rings is 10. The summed E-state index contributed by atoms with van der Waals surface area (Å²) >= 11 is 1.87. The van der Waals surface area contributed by atoms with Gasteiger partial charge < -0.3 is 0 Å². The zero-order valence-corrected chi connectivity index (χ0v) is 37.7. The van der Waals surface area contributed by atoms with E-state index in [0.717, 1.165) is 38.9 Å². The maximum Gasteiger partial charge on any atom is 0.164 e. The molecular weight excluding hydrogens is 843 g/mol. The fraction of sp³-hybridized carbons (Fsp3) is 0.0156. The van der Waals surface area contributed by atoms with Gasteiger partial charge in [-0.3, -0.25) is 0 Å². The molecule has 0 radical (unpaired) electrons. The molecule has 318 valence electrons. The highest BCUT2D eigenvalue weighted by atomic mass is 32.1. The van der Waals surface area contributed by atoms with Crippen LogP contribution in [0.3, 0.4) is 0 Å². The molecule has 2 heterocycles. The summed E-state index contributed by atoms with van der Waals surface area (Å²) < 4.78 is 2.64. The van der Waals surface area contributed by atoms with Crippen molar-refractivity contribution < 1.29 is 0 Å². The molecule has 0 saturated heterocycles. The van der Waals surface area contributed by atoms with Gasteiger partial charge >= 0.3 is 0 Å². The summed E-state index contributed by atoms with van der Waals surface area (Å²) in [6.45, 7) is 0. The molecule has 4 heteroatoms. The third-order valence-electron chi connectivity index (χ3n) is 13.7. The number of aromatic nitrogens is 3. The van der Waals surface area contributed by atoms with E-state index in [-0.39, 0.29) is 0 Å². The number of nitrogens with zero attached hydrogens (tertiary/aromatic N) is 3. The van der Waals surface area contributed by atoms with Gasteiger partial charge in [0.05, 0.1) is 5.41 Å². The molecule has 0 spiro atoms. The van der Waals surface area contributed by atoms with Crippen LogP contribution in [-0.4, -0.2) is 15.0 Å². The Morgan fingerprint density at radius 2 is 0.750 bits per heavy atom. The minimum Gasteiger partial charge on any atom is -0.208 e. The normalized spacial score (nSPS) is 12.5. The molecule has 10 aromatic carbocycles. The lowest BCUT2D eigenvalue weighted by Crippen LogP contribution is -2.28. The summed E-state index contributed by atoms with van der Waals surface area (Å²) in [5.74, 6) is 1.86. The van der Waals surface area contributed by atoms with Crippen molar-refractivity contribution in [1.82, 2.24) is 15.0 Å². The van der Waals surface area contributed by atoms with Crippen molar-refractivity contribution in [3.05, 3.63) is 271 Å². The largest absolute Gasteiger partial charge is 0.208 e. The molecule has 12 aromatic rings. The smallest absolute Gasteiger partial charge is 0.164 e. The van der Waals surface area contributed by atoms with Gasteiger partial charge in [0.1, 0.15) is 0 Å². The topological polar surface area (TPSA) is 38.7 Å². The van der Waals surface area contributed by atoms with Crippen LogP contribution >= 0.6 is 11.3 Å². The van der Waals surface area contributed by atoms with Crippen LogP contribution in [0.1, 0.15) is 22.3 Å². The van der Waals surface area contributed by atoms with Crippen LogP contribution in [0.4, 0.5) is 0 Å². The second-order valence-electron chi connectivity index (χ2n) is 17.4. The molecule has 0 amide bonds. The van der Waals surface area contributed by atoms with Crippen LogP contribution in [0, 0.1) is 0 Å². The quantitative estimate of drug-likeness (QED) is 0.153. The third kappa shape index (κ3) is 6.52. The summed E-state index contributed by atoms with van der Waals surface area (Å²) in [5.41, 5.74) is 16.5. The van der Waals surface area contributed by atoms with Crippen molar-refractivity contribution in [2.24, 2.45) is 0 Å².